The smallest absolute Gasteiger partial charge is 0.337 e. The molecule has 0 unspecified atom stereocenters. The van der Waals surface area contributed by atoms with Crippen LogP contribution in [0.4, 0.5) is 0 Å². The lowest BCUT2D eigenvalue weighted by Crippen LogP contribution is -2.06. The molecule has 0 saturated heterocycles. The van der Waals surface area contributed by atoms with Crippen molar-refractivity contribution in [2.45, 2.75) is 0 Å². The van der Waals surface area contributed by atoms with Gasteiger partial charge in [-0.3, -0.25) is 0 Å². The van der Waals surface area contributed by atoms with Crippen LogP contribution in [0.1, 0.15) is 10.4 Å². The first-order valence-electron chi connectivity index (χ1n) is 7.03. The summed E-state index contributed by atoms with van der Waals surface area (Å²) in [6.45, 7) is 0. The van der Waals surface area contributed by atoms with Gasteiger partial charge in [0.15, 0.2) is 0 Å². The van der Waals surface area contributed by atoms with E-state index < -0.39 is 5.97 Å². The third-order valence-corrected chi connectivity index (χ3v) is 4.34. The summed E-state index contributed by atoms with van der Waals surface area (Å²) in [7, 11) is 0. The van der Waals surface area contributed by atoms with Crippen LogP contribution in [0.3, 0.4) is 0 Å². The number of benzene rings is 2. The van der Waals surface area contributed by atoms with Crippen LogP contribution in [0.5, 0.6) is 0 Å². The number of nitrogens with zero attached hydrogens (tertiary/aromatic N) is 2. The number of hydrogen-bond acceptors (Lipinski definition) is 2. The van der Waals surface area contributed by atoms with E-state index in [1.807, 2.05) is 42.7 Å². The van der Waals surface area contributed by atoms with Crippen LogP contribution < -0.4 is 0 Å². The average Bonchev–Trinajstić information content (AvgIpc) is 2.92. The molecule has 0 bridgehead atoms. The molecule has 0 radical (unpaired) electrons. The van der Waals surface area contributed by atoms with E-state index in [0.29, 0.717) is 5.69 Å². The Labute approximate surface area is 140 Å². The van der Waals surface area contributed by atoms with Gasteiger partial charge in [0, 0.05) is 27.8 Å². The maximum Gasteiger partial charge on any atom is 0.337 e. The summed E-state index contributed by atoms with van der Waals surface area (Å²) in [4.78, 5) is 16.1. The van der Waals surface area contributed by atoms with Crippen molar-refractivity contribution in [1.29, 1.82) is 0 Å². The molecule has 1 N–H and O–H groups in total. The predicted molar refractivity (Wildman–Crippen MR) is 92.4 cm³/mol. The maximum absolute atomic E-state index is 11.5. The third kappa shape index (κ3) is 2.29. The number of pyridine rings is 1. The summed E-state index contributed by atoms with van der Waals surface area (Å²) in [6.07, 6.45) is 3.73. The van der Waals surface area contributed by atoms with Crippen molar-refractivity contribution in [3.05, 3.63) is 71.0 Å². The Bertz CT molecular complexity index is 1020. The molecule has 2 aromatic rings. The molecule has 2 aromatic carbocycles. The van der Waals surface area contributed by atoms with Crippen molar-refractivity contribution < 1.29 is 9.90 Å². The monoisotopic (exact) mass is 366 g/mol. The first-order valence-corrected chi connectivity index (χ1v) is 7.82. The molecule has 4 nitrogen and oxygen atoms in total. The van der Waals surface area contributed by atoms with Gasteiger partial charge in [0.25, 0.3) is 0 Å². The zero-order chi connectivity index (χ0) is 16.0. The highest BCUT2D eigenvalue weighted by molar-refractivity contribution is 9.10. The Morgan fingerprint density at radius 1 is 1.13 bits per heavy atom. The van der Waals surface area contributed by atoms with E-state index in [0.717, 1.165) is 26.6 Å². The Balaban J connectivity index is 1.97. The molecule has 0 fully saturated rings. The molecule has 2 heterocycles. The van der Waals surface area contributed by atoms with E-state index in [1.54, 1.807) is 22.8 Å². The minimum Gasteiger partial charge on any atom is -0.478 e. The highest BCUT2D eigenvalue weighted by Crippen LogP contribution is 2.31. The molecule has 0 spiro atoms. The number of fused-ring (bicyclic) bond motifs is 3. The fraction of sp³-hybridized carbons (Fsp3) is 0. The molecule has 5 heteroatoms. The average molecular weight is 367 g/mol. The van der Waals surface area contributed by atoms with Gasteiger partial charge in [0.05, 0.1) is 22.5 Å². The summed E-state index contributed by atoms with van der Waals surface area (Å²) in [6, 6.07) is 15.0. The number of carbonyl (C=O) groups is 1. The standard InChI is InChI=1S/C18H11BrN2O2/c19-11-5-6-14(18(22)23)17(9-11)21-8-7-13-12-3-1-2-4-15(12)20-16(13)10-21/h1-10H,(H,22,23). The summed E-state index contributed by atoms with van der Waals surface area (Å²) in [5, 5.41) is 10.5. The Morgan fingerprint density at radius 2 is 1.96 bits per heavy atom. The van der Waals surface area contributed by atoms with Crippen LogP contribution >= 0.6 is 15.9 Å². The minimum absolute atomic E-state index is 0.244. The molecule has 0 amide bonds. The summed E-state index contributed by atoms with van der Waals surface area (Å²) in [5.74, 6) is -0.958. The lowest BCUT2D eigenvalue weighted by atomic mass is 10.1. The highest BCUT2D eigenvalue weighted by atomic mass is 79.9. The molecular weight excluding hydrogens is 356 g/mol. The van der Waals surface area contributed by atoms with Crippen LogP contribution in [-0.4, -0.2) is 20.6 Å². The molecule has 0 saturated carbocycles. The molecule has 4 rings (SSSR count). The van der Waals surface area contributed by atoms with Crippen LogP contribution in [0.2, 0.25) is 0 Å². The third-order valence-electron chi connectivity index (χ3n) is 3.84. The summed E-state index contributed by atoms with van der Waals surface area (Å²) < 4.78 is 2.62. The first-order chi connectivity index (χ1) is 11.1. The van der Waals surface area contributed by atoms with Gasteiger partial charge < -0.3 is 9.67 Å². The largest absolute Gasteiger partial charge is 0.478 e. The molecular formula is C18H11BrN2O2. The van der Waals surface area contributed by atoms with E-state index in [9.17, 15) is 9.90 Å². The molecule has 0 aromatic heterocycles. The first kappa shape index (κ1) is 14.0. The minimum atomic E-state index is -0.958. The van der Waals surface area contributed by atoms with Gasteiger partial charge in [0.1, 0.15) is 0 Å². The van der Waals surface area contributed by atoms with Gasteiger partial charge >= 0.3 is 5.97 Å². The number of hydrogen-bond donors (Lipinski definition) is 1. The molecule has 2 aliphatic heterocycles. The second-order valence-electron chi connectivity index (χ2n) is 5.25. The zero-order valence-electron chi connectivity index (χ0n) is 11.9. The van der Waals surface area contributed by atoms with Crippen molar-refractivity contribution in [2.75, 3.05) is 0 Å². The van der Waals surface area contributed by atoms with Crippen LogP contribution in [0.15, 0.2) is 65.4 Å². The Hall–Kier alpha value is -2.66. The van der Waals surface area contributed by atoms with Gasteiger partial charge in [-0.1, -0.05) is 34.1 Å². The number of carboxylic acid groups (broad SMARTS) is 1. The summed E-state index contributed by atoms with van der Waals surface area (Å²) >= 11 is 3.40. The van der Waals surface area contributed by atoms with Crippen LogP contribution in [0, 0.1) is 0 Å². The van der Waals surface area contributed by atoms with Gasteiger partial charge in [-0.05, 0) is 30.3 Å². The van der Waals surface area contributed by atoms with Gasteiger partial charge in [0.2, 0.25) is 0 Å². The topological polar surface area (TPSA) is 55.1 Å². The van der Waals surface area contributed by atoms with Crippen molar-refractivity contribution in [3.8, 4) is 16.9 Å². The quantitative estimate of drug-likeness (QED) is 0.564. The molecule has 0 atom stereocenters. The van der Waals surface area contributed by atoms with E-state index >= 15 is 0 Å². The maximum atomic E-state index is 11.5. The summed E-state index contributed by atoms with van der Waals surface area (Å²) in [5.41, 5.74) is 3.68. The van der Waals surface area contributed by atoms with Crippen molar-refractivity contribution in [2.24, 2.45) is 0 Å². The van der Waals surface area contributed by atoms with Crippen molar-refractivity contribution in [1.82, 2.24) is 9.55 Å². The van der Waals surface area contributed by atoms with Crippen LogP contribution in [0.25, 0.3) is 27.8 Å². The van der Waals surface area contributed by atoms with Crippen LogP contribution in [-0.2, 0) is 0 Å². The highest BCUT2D eigenvalue weighted by Gasteiger charge is 2.15. The van der Waals surface area contributed by atoms with Gasteiger partial charge in [-0.2, -0.15) is 0 Å². The molecule has 23 heavy (non-hydrogen) atoms. The van der Waals surface area contributed by atoms with E-state index in [1.165, 1.54) is 0 Å². The second kappa shape index (κ2) is 5.21. The van der Waals surface area contributed by atoms with E-state index in [4.69, 9.17) is 0 Å². The van der Waals surface area contributed by atoms with E-state index in [2.05, 4.69) is 20.9 Å². The molecule has 112 valence electrons. The van der Waals surface area contributed by atoms with Gasteiger partial charge in [-0.25, -0.2) is 9.78 Å². The van der Waals surface area contributed by atoms with Gasteiger partial charge in [-0.15, -0.1) is 0 Å². The SMILES string of the molecule is O=C(O)c1ccc(Br)cc1-n1ccc2c3ccccc3nc-2c1. The molecule has 2 aliphatic rings. The number of rotatable bonds is 2. The lowest BCUT2D eigenvalue weighted by Gasteiger charge is -2.12. The number of carboxylic acids is 1. The second-order valence-corrected chi connectivity index (χ2v) is 6.16. The number of para-hydroxylation sites is 1. The number of aromatic nitrogens is 2. The number of halogens is 1. The van der Waals surface area contributed by atoms with E-state index in [-0.39, 0.29) is 5.56 Å². The fourth-order valence-corrected chi connectivity index (χ4v) is 3.13. The molecule has 0 aliphatic carbocycles. The predicted octanol–water partition coefficient (Wildman–Crippen LogP) is 4.59. The number of aromatic carboxylic acids is 1. The zero-order valence-corrected chi connectivity index (χ0v) is 13.5. The fourth-order valence-electron chi connectivity index (χ4n) is 2.78. The lowest BCUT2D eigenvalue weighted by molar-refractivity contribution is 0.0697. The van der Waals surface area contributed by atoms with Crippen molar-refractivity contribution in [3.63, 3.8) is 0 Å². The van der Waals surface area contributed by atoms with Crippen molar-refractivity contribution >= 4 is 32.8 Å². The normalized spacial score (nSPS) is 11.2. The Kier molecular flexibility index (Phi) is 3.16. The Morgan fingerprint density at radius 3 is 2.78 bits per heavy atom.